The summed E-state index contributed by atoms with van der Waals surface area (Å²) >= 11 is 0. The van der Waals surface area contributed by atoms with Crippen LogP contribution in [0.25, 0.3) is 0 Å². The van der Waals surface area contributed by atoms with Crippen LogP contribution in [0.5, 0.6) is 0 Å². The molecule has 1 aliphatic heterocycles. The van der Waals surface area contributed by atoms with Gasteiger partial charge < -0.3 is 30.2 Å². The van der Waals surface area contributed by atoms with E-state index < -0.39 is 17.2 Å². The van der Waals surface area contributed by atoms with Crippen molar-refractivity contribution in [3.8, 4) is 0 Å². The Bertz CT molecular complexity index is 95.2. The van der Waals surface area contributed by atoms with Gasteiger partial charge in [-0.15, -0.1) is 0 Å². The fourth-order valence-electron chi connectivity index (χ4n) is 0.669. The van der Waals surface area contributed by atoms with Gasteiger partial charge in [0.2, 0.25) is 0 Å². The van der Waals surface area contributed by atoms with Gasteiger partial charge in [-0.05, 0) is 0 Å². The Morgan fingerprint density at radius 1 is 0.769 bits per heavy atom. The molecule has 1 heterocycles. The van der Waals surface area contributed by atoms with Crippen molar-refractivity contribution in [2.24, 2.45) is 0 Å². The maximum atomic E-state index is 7.82. The van der Waals surface area contributed by atoms with Crippen LogP contribution in [-0.2, 0) is 4.31 Å². The number of rotatable bonds is 2. The summed E-state index contributed by atoms with van der Waals surface area (Å²) in [4.78, 5) is 31.3. The van der Waals surface area contributed by atoms with Crippen LogP contribution < -0.4 is 10.6 Å². The van der Waals surface area contributed by atoms with Gasteiger partial charge in [0.1, 0.15) is 0 Å². The van der Waals surface area contributed by atoms with E-state index in [1.807, 2.05) is 0 Å². The summed E-state index contributed by atoms with van der Waals surface area (Å²) in [6, 6.07) is 0. The molecule has 0 spiro atoms. The molecule has 0 saturated carbocycles. The smallest absolute Gasteiger partial charge is 0.328 e. The van der Waals surface area contributed by atoms with Crippen molar-refractivity contribution >= 4 is 17.2 Å². The van der Waals surface area contributed by atoms with E-state index in [4.69, 9.17) is 19.6 Å². The molecule has 0 aromatic rings. The lowest BCUT2D eigenvalue weighted by molar-refractivity contribution is 0.324. The van der Waals surface area contributed by atoms with Gasteiger partial charge in [0.15, 0.2) is 0 Å². The summed E-state index contributed by atoms with van der Waals surface area (Å²) in [5.74, 6) is 0. The first kappa shape index (κ1) is 13.6. The highest BCUT2D eigenvalue weighted by Gasteiger charge is 2.05. The molecule has 13 heavy (non-hydrogen) atoms. The number of hydrogen-bond donors (Lipinski definition) is 6. The lowest BCUT2D eigenvalue weighted by Gasteiger charge is -2.11. The van der Waals surface area contributed by atoms with Crippen LogP contribution in [0.2, 0.25) is 0 Å². The molecule has 0 unspecified atom stereocenters. The molecule has 1 fully saturated rings. The average Bonchev–Trinajstić information content (AvgIpc) is 2.06. The molecule has 0 aliphatic carbocycles. The van der Waals surface area contributed by atoms with Gasteiger partial charge in [-0.25, -0.2) is 4.31 Å². The van der Waals surface area contributed by atoms with Crippen molar-refractivity contribution in [1.29, 1.82) is 0 Å². The number of piperazine rings is 1. The van der Waals surface area contributed by atoms with Crippen LogP contribution in [0, 0.1) is 0 Å². The van der Waals surface area contributed by atoms with E-state index >= 15 is 0 Å². The molecule has 9 heteroatoms. The van der Waals surface area contributed by atoms with E-state index in [0.717, 1.165) is 26.2 Å². The van der Waals surface area contributed by atoms with Gasteiger partial charge in [0.25, 0.3) is 0 Å². The van der Waals surface area contributed by atoms with Crippen LogP contribution in [0.1, 0.15) is 0 Å². The van der Waals surface area contributed by atoms with Gasteiger partial charge in [0.05, 0.1) is 0 Å². The minimum atomic E-state index is -2.61. The van der Waals surface area contributed by atoms with Gasteiger partial charge in [-0.3, -0.25) is 0 Å². The molecule has 7 nitrogen and oxygen atoms in total. The van der Waals surface area contributed by atoms with Crippen LogP contribution in [0.15, 0.2) is 0 Å². The molecule has 1 aliphatic rings. The third kappa shape index (κ3) is 12.6. The second kappa shape index (κ2) is 9.15. The first-order valence-corrected chi connectivity index (χ1v) is 5.91. The van der Waals surface area contributed by atoms with Gasteiger partial charge >= 0.3 is 17.2 Å². The van der Waals surface area contributed by atoms with Crippen molar-refractivity contribution in [3.63, 3.8) is 0 Å². The van der Waals surface area contributed by atoms with Crippen molar-refractivity contribution in [3.05, 3.63) is 0 Å². The van der Waals surface area contributed by atoms with Crippen molar-refractivity contribution < 1.29 is 23.9 Å². The third-order valence-corrected chi connectivity index (χ3v) is 2.27. The zero-order valence-electron chi connectivity index (χ0n) is 6.92. The Hall–Kier alpha value is 0.580. The Balaban J connectivity index is 0.000000223. The largest absolute Gasteiger partial charge is 0.334 e. The Morgan fingerprint density at radius 3 is 1.15 bits per heavy atom. The lowest BCUT2D eigenvalue weighted by Crippen LogP contribution is -2.39. The van der Waals surface area contributed by atoms with Crippen LogP contribution in [-0.4, -0.2) is 45.8 Å². The summed E-state index contributed by atoms with van der Waals surface area (Å²) in [5, 5.41) is 6.44. The Kier molecular flexibility index (Phi) is 9.56. The zero-order chi connectivity index (χ0) is 10.1. The zero-order valence-corrected chi connectivity index (χ0v) is 8.71. The second-order valence-electron chi connectivity index (χ2n) is 2.09. The van der Waals surface area contributed by atoms with E-state index in [9.17, 15) is 0 Å². The van der Waals surface area contributed by atoms with Gasteiger partial charge in [-0.1, -0.05) is 0 Å². The van der Waals surface area contributed by atoms with E-state index in [-0.39, 0.29) is 0 Å². The predicted molar refractivity (Wildman–Crippen MR) is 49.5 cm³/mol. The van der Waals surface area contributed by atoms with Crippen LogP contribution in [0.3, 0.4) is 0 Å². The first-order chi connectivity index (χ1) is 6.13. The Morgan fingerprint density at radius 2 is 1.08 bits per heavy atom. The van der Waals surface area contributed by atoms with Crippen molar-refractivity contribution in [1.82, 2.24) is 10.6 Å². The number of hydrogen-bond acceptors (Lipinski definition) is 7. The summed E-state index contributed by atoms with van der Waals surface area (Å²) in [6.45, 7) is 4.56. The fourth-order valence-corrected chi connectivity index (χ4v) is 1.19. The van der Waals surface area contributed by atoms with Crippen molar-refractivity contribution in [2.75, 3.05) is 26.2 Å². The molecule has 0 aromatic heterocycles. The van der Waals surface area contributed by atoms with E-state index in [0.29, 0.717) is 0 Å². The van der Waals surface area contributed by atoms with Crippen molar-refractivity contribution in [2.45, 2.75) is 0 Å². The van der Waals surface area contributed by atoms with E-state index in [2.05, 4.69) is 14.9 Å². The molecule has 0 amide bonds. The molecule has 1 rings (SSSR count). The highest BCUT2D eigenvalue weighted by Crippen LogP contribution is 2.41. The molecule has 0 atom stereocenters. The van der Waals surface area contributed by atoms with E-state index in [1.54, 1.807) is 0 Å². The summed E-state index contributed by atoms with van der Waals surface area (Å²) in [6.07, 6.45) is 0. The lowest BCUT2D eigenvalue weighted by atomic mass is 10.4. The number of nitrogens with one attached hydrogen (secondary N) is 2. The highest BCUT2D eigenvalue weighted by atomic mass is 31.2. The topological polar surface area (TPSA) is 114 Å². The van der Waals surface area contributed by atoms with Crippen LogP contribution in [0.4, 0.5) is 0 Å². The quantitative estimate of drug-likeness (QED) is 0.325. The molecule has 6 N–H and O–H groups in total. The maximum absolute atomic E-state index is 7.82. The molecule has 80 valence electrons. The minimum Gasteiger partial charge on any atom is -0.328 e. The molecule has 0 aromatic carbocycles. The third-order valence-electron chi connectivity index (χ3n) is 1.10. The summed E-state index contributed by atoms with van der Waals surface area (Å²) in [5.41, 5.74) is 0. The fraction of sp³-hybridized carbons (Fsp3) is 1.00. The monoisotopic (exact) mass is 232 g/mol. The maximum Gasteiger partial charge on any atom is 0.334 e. The van der Waals surface area contributed by atoms with E-state index in [1.165, 1.54) is 0 Å². The molecular formula is C4H14N2O5P2. The summed E-state index contributed by atoms with van der Waals surface area (Å²) < 4.78 is 3.60. The molecule has 0 bridgehead atoms. The highest BCUT2D eigenvalue weighted by molar-refractivity contribution is 7.53. The minimum absolute atomic E-state index is 1.14. The first-order valence-electron chi connectivity index (χ1n) is 3.58. The van der Waals surface area contributed by atoms with Crippen LogP contribution >= 0.6 is 17.2 Å². The standard InChI is InChI=1S/C4H10N2.H4O5P2/c1-2-6-4-3-5-1;1-6(2)5-7(3)4/h5-6H,1-4H2;1-4H. The van der Waals surface area contributed by atoms with Gasteiger partial charge in [0, 0.05) is 26.2 Å². The normalized spacial score (nSPS) is 17.1. The SMILES string of the molecule is C1CNCCN1.OP(O)OP(O)O. The molecular weight excluding hydrogens is 218 g/mol. The molecule has 1 saturated heterocycles. The molecule has 0 radical (unpaired) electrons. The van der Waals surface area contributed by atoms with Gasteiger partial charge in [-0.2, -0.15) is 0 Å². The second-order valence-corrected chi connectivity index (χ2v) is 3.75. The average molecular weight is 232 g/mol. The predicted octanol–water partition coefficient (Wildman–Crippen LogP) is -1.39. The summed E-state index contributed by atoms with van der Waals surface area (Å²) in [7, 11) is -5.22. The Labute approximate surface area is 78.7 Å².